The molecule has 1 heterocycles. The Labute approximate surface area is 106 Å². The van der Waals surface area contributed by atoms with E-state index in [1.54, 1.807) is 6.20 Å². The van der Waals surface area contributed by atoms with Crippen molar-refractivity contribution in [2.24, 2.45) is 0 Å². The fourth-order valence-electron chi connectivity index (χ4n) is 1.76. The highest BCUT2D eigenvalue weighted by atomic mass is 16.4. The molecule has 0 radical (unpaired) electrons. The first-order valence-electron chi connectivity index (χ1n) is 5.93. The number of aliphatic carboxylic acids is 1. The lowest BCUT2D eigenvalue weighted by Crippen LogP contribution is -1.98. The highest BCUT2D eigenvalue weighted by molar-refractivity contribution is 5.66. The van der Waals surface area contributed by atoms with Crippen LogP contribution in [0.3, 0.4) is 0 Å². The standard InChI is InChI=1S/C14H16N2O2/c1-10-2-4-11(5-3-10)8-13-15-9-12(16-13)6-7-14(17)18/h2-5,9H,6-8H2,1H3,(H,15,16)(H,17,18). The van der Waals surface area contributed by atoms with Gasteiger partial charge >= 0.3 is 5.97 Å². The van der Waals surface area contributed by atoms with Crippen molar-refractivity contribution in [3.8, 4) is 0 Å². The molecule has 0 aliphatic rings. The van der Waals surface area contributed by atoms with Gasteiger partial charge < -0.3 is 10.1 Å². The summed E-state index contributed by atoms with van der Waals surface area (Å²) in [7, 11) is 0. The third-order valence-electron chi connectivity index (χ3n) is 2.78. The second kappa shape index (κ2) is 5.49. The van der Waals surface area contributed by atoms with Crippen LogP contribution in [0.4, 0.5) is 0 Å². The lowest BCUT2D eigenvalue weighted by molar-refractivity contribution is -0.136. The van der Waals surface area contributed by atoms with Crippen molar-refractivity contribution in [2.45, 2.75) is 26.2 Å². The first-order valence-corrected chi connectivity index (χ1v) is 5.93. The molecule has 0 unspecified atom stereocenters. The normalized spacial score (nSPS) is 10.5. The summed E-state index contributed by atoms with van der Waals surface area (Å²) >= 11 is 0. The lowest BCUT2D eigenvalue weighted by atomic mass is 10.1. The molecule has 0 aliphatic heterocycles. The Bertz CT molecular complexity index is 529. The summed E-state index contributed by atoms with van der Waals surface area (Å²) in [5.74, 6) is 0.0870. The minimum atomic E-state index is -0.787. The van der Waals surface area contributed by atoms with Crippen LogP contribution in [0.25, 0.3) is 0 Å². The monoisotopic (exact) mass is 244 g/mol. The van der Waals surface area contributed by atoms with E-state index >= 15 is 0 Å². The quantitative estimate of drug-likeness (QED) is 0.848. The van der Waals surface area contributed by atoms with Crippen LogP contribution in [0.2, 0.25) is 0 Å². The molecule has 0 amide bonds. The molecule has 0 saturated heterocycles. The molecule has 0 saturated carbocycles. The van der Waals surface area contributed by atoms with Crippen molar-refractivity contribution in [1.29, 1.82) is 0 Å². The number of hydrogen-bond acceptors (Lipinski definition) is 2. The fourth-order valence-corrected chi connectivity index (χ4v) is 1.76. The van der Waals surface area contributed by atoms with E-state index in [0.29, 0.717) is 6.42 Å². The number of hydrogen-bond donors (Lipinski definition) is 2. The number of rotatable bonds is 5. The largest absolute Gasteiger partial charge is 0.481 e. The molecule has 0 spiro atoms. The van der Waals surface area contributed by atoms with Crippen LogP contribution < -0.4 is 0 Å². The molecule has 4 heteroatoms. The van der Waals surface area contributed by atoms with Crippen LogP contribution >= 0.6 is 0 Å². The third-order valence-corrected chi connectivity index (χ3v) is 2.78. The minimum Gasteiger partial charge on any atom is -0.481 e. The maximum Gasteiger partial charge on any atom is 0.303 e. The smallest absolute Gasteiger partial charge is 0.303 e. The van der Waals surface area contributed by atoms with E-state index in [1.807, 2.05) is 0 Å². The highest BCUT2D eigenvalue weighted by Crippen LogP contribution is 2.09. The average molecular weight is 244 g/mol. The molecular formula is C14H16N2O2. The minimum absolute atomic E-state index is 0.131. The van der Waals surface area contributed by atoms with Crippen LogP contribution in [0.5, 0.6) is 0 Å². The van der Waals surface area contributed by atoms with Crippen LogP contribution in [-0.2, 0) is 17.6 Å². The molecule has 2 aromatic rings. The number of carboxylic acids is 1. The summed E-state index contributed by atoms with van der Waals surface area (Å²) in [6.07, 6.45) is 3.09. The number of nitrogens with zero attached hydrogens (tertiary/aromatic N) is 1. The van der Waals surface area contributed by atoms with Crippen LogP contribution in [0.1, 0.15) is 29.1 Å². The van der Waals surface area contributed by atoms with Crippen molar-refractivity contribution in [2.75, 3.05) is 0 Å². The summed E-state index contributed by atoms with van der Waals surface area (Å²) in [4.78, 5) is 17.9. The van der Waals surface area contributed by atoms with Crippen molar-refractivity contribution in [3.63, 3.8) is 0 Å². The van der Waals surface area contributed by atoms with Crippen molar-refractivity contribution < 1.29 is 9.90 Å². The first-order chi connectivity index (χ1) is 8.63. The number of benzene rings is 1. The Morgan fingerprint density at radius 3 is 2.72 bits per heavy atom. The van der Waals surface area contributed by atoms with E-state index in [-0.39, 0.29) is 6.42 Å². The predicted octanol–water partition coefficient (Wildman–Crippen LogP) is 2.33. The van der Waals surface area contributed by atoms with E-state index in [9.17, 15) is 4.79 Å². The molecule has 1 aromatic heterocycles. The Balaban J connectivity index is 1.97. The average Bonchev–Trinajstić information content (AvgIpc) is 2.77. The van der Waals surface area contributed by atoms with Gasteiger partial charge in [-0.2, -0.15) is 0 Å². The van der Waals surface area contributed by atoms with Gasteiger partial charge in [-0.25, -0.2) is 4.98 Å². The molecule has 1 aromatic carbocycles. The summed E-state index contributed by atoms with van der Waals surface area (Å²) < 4.78 is 0. The number of aryl methyl sites for hydroxylation is 2. The van der Waals surface area contributed by atoms with Gasteiger partial charge in [-0.15, -0.1) is 0 Å². The maximum absolute atomic E-state index is 10.5. The Hall–Kier alpha value is -2.10. The molecule has 2 rings (SSSR count). The van der Waals surface area contributed by atoms with E-state index in [4.69, 9.17) is 5.11 Å². The predicted molar refractivity (Wildman–Crippen MR) is 68.5 cm³/mol. The molecule has 0 fully saturated rings. The molecule has 0 atom stereocenters. The number of carboxylic acid groups (broad SMARTS) is 1. The number of nitrogens with one attached hydrogen (secondary N) is 1. The topological polar surface area (TPSA) is 66.0 Å². The second-order valence-corrected chi connectivity index (χ2v) is 4.41. The van der Waals surface area contributed by atoms with Crippen LogP contribution in [-0.4, -0.2) is 21.0 Å². The molecular weight excluding hydrogens is 228 g/mol. The first kappa shape index (κ1) is 12.4. The van der Waals surface area contributed by atoms with Gasteiger partial charge in [0.15, 0.2) is 0 Å². The number of H-pyrrole nitrogens is 1. The van der Waals surface area contributed by atoms with Gasteiger partial charge in [0.25, 0.3) is 0 Å². The molecule has 4 nitrogen and oxygen atoms in total. The van der Waals surface area contributed by atoms with E-state index in [0.717, 1.165) is 17.9 Å². The SMILES string of the molecule is Cc1ccc(Cc2ncc(CCC(=O)O)[nH]2)cc1. The Kier molecular flexibility index (Phi) is 3.77. The molecule has 0 bridgehead atoms. The van der Waals surface area contributed by atoms with E-state index in [2.05, 4.69) is 41.2 Å². The number of aromatic amines is 1. The number of aromatic nitrogens is 2. The summed E-state index contributed by atoms with van der Waals surface area (Å²) in [5.41, 5.74) is 3.31. The summed E-state index contributed by atoms with van der Waals surface area (Å²) in [6, 6.07) is 8.30. The van der Waals surface area contributed by atoms with Crippen molar-refractivity contribution in [3.05, 3.63) is 53.1 Å². The van der Waals surface area contributed by atoms with Gasteiger partial charge in [-0.05, 0) is 18.9 Å². The summed E-state index contributed by atoms with van der Waals surface area (Å²) in [5, 5.41) is 8.61. The van der Waals surface area contributed by atoms with Crippen molar-refractivity contribution in [1.82, 2.24) is 9.97 Å². The number of carbonyl (C=O) groups is 1. The summed E-state index contributed by atoms with van der Waals surface area (Å²) in [6.45, 7) is 2.06. The zero-order chi connectivity index (χ0) is 13.0. The molecule has 94 valence electrons. The number of imidazole rings is 1. The van der Waals surface area contributed by atoms with Gasteiger partial charge in [0.2, 0.25) is 0 Å². The molecule has 0 aliphatic carbocycles. The zero-order valence-corrected chi connectivity index (χ0v) is 10.3. The maximum atomic E-state index is 10.5. The Morgan fingerprint density at radius 1 is 1.33 bits per heavy atom. The molecule has 2 N–H and O–H groups in total. The van der Waals surface area contributed by atoms with Crippen LogP contribution in [0, 0.1) is 6.92 Å². The lowest BCUT2D eigenvalue weighted by Gasteiger charge is -1.99. The Morgan fingerprint density at radius 2 is 2.06 bits per heavy atom. The zero-order valence-electron chi connectivity index (χ0n) is 10.3. The fraction of sp³-hybridized carbons (Fsp3) is 0.286. The van der Waals surface area contributed by atoms with Gasteiger partial charge in [0.05, 0.1) is 6.42 Å². The van der Waals surface area contributed by atoms with E-state index < -0.39 is 5.97 Å². The van der Waals surface area contributed by atoms with Gasteiger partial charge in [0, 0.05) is 18.3 Å². The molecule has 18 heavy (non-hydrogen) atoms. The van der Waals surface area contributed by atoms with Gasteiger partial charge in [0.1, 0.15) is 5.82 Å². The van der Waals surface area contributed by atoms with Gasteiger partial charge in [-0.1, -0.05) is 29.8 Å². The van der Waals surface area contributed by atoms with Gasteiger partial charge in [-0.3, -0.25) is 4.79 Å². The second-order valence-electron chi connectivity index (χ2n) is 4.41. The van der Waals surface area contributed by atoms with E-state index in [1.165, 1.54) is 11.1 Å². The third kappa shape index (κ3) is 3.45. The van der Waals surface area contributed by atoms with Crippen LogP contribution in [0.15, 0.2) is 30.5 Å². The highest BCUT2D eigenvalue weighted by Gasteiger charge is 2.04. The van der Waals surface area contributed by atoms with Crippen molar-refractivity contribution >= 4 is 5.97 Å².